The van der Waals surface area contributed by atoms with E-state index in [9.17, 15) is 0 Å². The fraction of sp³-hybridized carbons (Fsp3) is 0.583. The highest BCUT2D eigenvalue weighted by Crippen LogP contribution is 2.22. The van der Waals surface area contributed by atoms with Crippen molar-refractivity contribution in [3.05, 3.63) is 22.8 Å². The monoisotopic (exact) mass is 241 g/mol. The van der Waals surface area contributed by atoms with Crippen molar-refractivity contribution in [2.24, 2.45) is 0 Å². The molecule has 1 heterocycles. The van der Waals surface area contributed by atoms with Crippen molar-refractivity contribution < 1.29 is 0 Å². The Hall–Kier alpha value is -0.800. The molecular formula is C12H20ClN3. The fourth-order valence-corrected chi connectivity index (χ4v) is 1.74. The normalized spacial score (nSPS) is 10.5. The highest BCUT2D eigenvalue weighted by Gasteiger charge is 2.06. The lowest BCUT2D eigenvalue weighted by atomic mass is 10.2. The van der Waals surface area contributed by atoms with Crippen LogP contribution < -0.4 is 10.2 Å². The molecule has 0 unspecified atom stereocenters. The lowest BCUT2D eigenvalue weighted by Gasteiger charge is -2.17. The highest BCUT2D eigenvalue weighted by atomic mass is 35.5. The summed E-state index contributed by atoms with van der Waals surface area (Å²) in [6.07, 6.45) is 3.02. The number of hydrogen-bond acceptors (Lipinski definition) is 3. The van der Waals surface area contributed by atoms with Gasteiger partial charge >= 0.3 is 0 Å². The van der Waals surface area contributed by atoms with Crippen LogP contribution in [-0.4, -0.2) is 25.1 Å². The van der Waals surface area contributed by atoms with E-state index in [-0.39, 0.29) is 0 Å². The molecule has 0 aliphatic heterocycles. The molecule has 0 saturated heterocycles. The molecule has 0 aromatic carbocycles. The Morgan fingerprint density at radius 3 is 2.75 bits per heavy atom. The average molecular weight is 242 g/mol. The quantitative estimate of drug-likeness (QED) is 0.777. The van der Waals surface area contributed by atoms with E-state index in [0.29, 0.717) is 0 Å². The van der Waals surface area contributed by atoms with Crippen LogP contribution in [-0.2, 0) is 6.54 Å². The first-order chi connectivity index (χ1) is 7.69. The van der Waals surface area contributed by atoms with Crippen molar-refractivity contribution in [1.29, 1.82) is 0 Å². The van der Waals surface area contributed by atoms with E-state index in [4.69, 9.17) is 11.6 Å². The molecule has 0 saturated carbocycles. The average Bonchev–Trinajstić information content (AvgIpc) is 2.29. The molecule has 0 radical (unpaired) electrons. The number of halogens is 1. The summed E-state index contributed by atoms with van der Waals surface area (Å²) < 4.78 is 0. The minimum atomic E-state index is 0.722. The summed E-state index contributed by atoms with van der Waals surface area (Å²) in [5.74, 6) is 0.850. The SMILES string of the molecule is CCCNCc1cnc(N(C)CC)c(Cl)c1. The van der Waals surface area contributed by atoms with Crippen LogP contribution in [0.15, 0.2) is 12.3 Å². The number of pyridine rings is 1. The summed E-state index contributed by atoms with van der Waals surface area (Å²) in [4.78, 5) is 6.42. The third-order valence-electron chi connectivity index (χ3n) is 2.47. The van der Waals surface area contributed by atoms with Gasteiger partial charge in [0.15, 0.2) is 0 Å². The second kappa shape index (κ2) is 6.71. The molecule has 1 rings (SSSR count). The molecule has 0 aliphatic carbocycles. The Morgan fingerprint density at radius 1 is 1.44 bits per heavy atom. The predicted molar refractivity (Wildman–Crippen MR) is 70.2 cm³/mol. The van der Waals surface area contributed by atoms with Crippen molar-refractivity contribution >= 4 is 17.4 Å². The number of nitrogens with zero attached hydrogens (tertiary/aromatic N) is 2. The number of anilines is 1. The van der Waals surface area contributed by atoms with Gasteiger partial charge in [-0.1, -0.05) is 18.5 Å². The first kappa shape index (κ1) is 13.3. The minimum absolute atomic E-state index is 0.722. The van der Waals surface area contributed by atoms with E-state index in [1.165, 1.54) is 0 Å². The molecule has 4 heteroatoms. The van der Waals surface area contributed by atoms with Crippen molar-refractivity contribution in [2.75, 3.05) is 25.0 Å². The molecule has 3 nitrogen and oxygen atoms in total. The maximum atomic E-state index is 6.18. The summed E-state index contributed by atoms with van der Waals surface area (Å²) in [6, 6.07) is 1.98. The maximum Gasteiger partial charge on any atom is 0.147 e. The molecule has 16 heavy (non-hydrogen) atoms. The fourth-order valence-electron chi connectivity index (χ4n) is 1.41. The Kier molecular flexibility index (Phi) is 5.56. The smallest absolute Gasteiger partial charge is 0.147 e. The molecule has 1 N–H and O–H groups in total. The van der Waals surface area contributed by atoms with Gasteiger partial charge in [0.2, 0.25) is 0 Å². The van der Waals surface area contributed by atoms with E-state index in [0.717, 1.165) is 42.5 Å². The van der Waals surface area contributed by atoms with Gasteiger partial charge in [0.05, 0.1) is 5.02 Å². The molecule has 90 valence electrons. The molecule has 1 aromatic rings. The second-order valence-corrected chi connectivity index (χ2v) is 4.25. The van der Waals surface area contributed by atoms with Crippen LogP contribution >= 0.6 is 11.6 Å². The minimum Gasteiger partial charge on any atom is -0.359 e. The third kappa shape index (κ3) is 3.65. The zero-order valence-electron chi connectivity index (χ0n) is 10.3. The van der Waals surface area contributed by atoms with Gasteiger partial charge in [0.25, 0.3) is 0 Å². The molecule has 0 bridgehead atoms. The predicted octanol–water partition coefficient (Wildman–Crippen LogP) is 2.69. The maximum absolute atomic E-state index is 6.18. The van der Waals surface area contributed by atoms with Crippen molar-refractivity contribution in [2.45, 2.75) is 26.8 Å². The standard InChI is InChI=1S/C12H20ClN3/c1-4-6-14-8-10-7-11(13)12(15-9-10)16(3)5-2/h7,9,14H,4-6,8H2,1-3H3. The first-order valence-electron chi connectivity index (χ1n) is 5.75. The summed E-state index contributed by atoms with van der Waals surface area (Å²) in [5, 5.41) is 4.05. The molecular weight excluding hydrogens is 222 g/mol. The molecule has 0 atom stereocenters. The van der Waals surface area contributed by atoms with E-state index in [1.807, 2.05) is 24.2 Å². The van der Waals surface area contributed by atoms with Gasteiger partial charge in [-0.3, -0.25) is 0 Å². The zero-order chi connectivity index (χ0) is 12.0. The highest BCUT2D eigenvalue weighted by molar-refractivity contribution is 6.33. The van der Waals surface area contributed by atoms with Gasteiger partial charge in [0.1, 0.15) is 5.82 Å². The van der Waals surface area contributed by atoms with Crippen LogP contribution in [0.3, 0.4) is 0 Å². The van der Waals surface area contributed by atoms with Crippen molar-refractivity contribution in [3.8, 4) is 0 Å². The second-order valence-electron chi connectivity index (χ2n) is 3.84. The number of aromatic nitrogens is 1. The van der Waals surface area contributed by atoms with Crippen LogP contribution in [0.4, 0.5) is 5.82 Å². The van der Waals surface area contributed by atoms with Gasteiger partial charge < -0.3 is 10.2 Å². The molecule has 1 aromatic heterocycles. The Balaban J connectivity index is 2.67. The number of rotatable bonds is 6. The van der Waals surface area contributed by atoms with Crippen LogP contribution in [0, 0.1) is 0 Å². The van der Waals surface area contributed by atoms with Gasteiger partial charge in [-0.25, -0.2) is 4.98 Å². The van der Waals surface area contributed by atoms with Crippen LogP contribution in [0.1, 0.15) is 25.8 Å². The Bertz CT molecular complexity index is 328. The van der Waals surface area contributed by atoms with E-state index >= 15 is 0 Å². The third-order valence-corrected chi connectivity index (χ3v) is 2.75. The topological polar surface area (TPSA) is 28.2 Å². The van der Waals surface area contributed by atoms with Gasteiger partial charge in [0, 0.05) is 26.3 Å². The van der Waals surface area contributed by atoms with E-state index in [1.54, 1.807) is 0 Å². The molecule has 0 amide bonds. The number of hydrogen-bond donors (Lipinski definition) is 1. The molecule has 0 spiro atoms. The van der Waals surface area contributed by atoms with Gasteiger partial charge in [-0.05, 0) is 31.5 Å². The largest absolute Gasteiger partial charge is 0.359 e. The van der Waals surface area contributed by atoms with E-state index < -0.39 is 0 Å². The summed E-state index contributed by atoms with van der Waals surface area (Å²) in [7, 11) is 1.99. The first-order valence-corrected chi connectivity index (χ1v) is 6.13. The van der Waals surface area contributed by atoms with Gasteiger partial charge in [-0.15, -0.1) is 0 Å². The van der Waals surface area contributed by atoms with Gasteiger partial charge in [-0.2, -0.15) is 0 Å². The molecule has 0 fully saturated rings. The van der Waals surface area contributed by atoms with Crippen LogP contribution in [0.5, 0.6) is 0 Å². The summed E-state index contributed by atoms with van der Waals surface area (Å²) >= 11 is 6.18. The molecule has 0 aliphatic rings. The van der Waals surface area contributed by atoms with E-state index in [2.05, 4.69) is 24.1 Å². The lowest BCUT2D eigenvalue weighted by molar-refractivity contribution is 0.674. The van der Waals surface area contributed by atoms with Crippen LogP contribution in [0.2, 0.25) is 5.02 Å². The van der Waals surface area contributed by atoms with Crippen LogP contribution in [0.25, 0.3) is 0 Å². The summed E-state index contributed by atoms with van der Waals surface area (Å²) in [5.41, 5.74) is 1.13. The Morgan fingerprint density at radius 2 is 2.19 bits per heavy atom. The van der Waals surface area contributed by atoms with Crippen molar-refractivity contribution in [1.82, 2.24) is 10.3 Å². The lowest BCUT2D eigenvalue weighted by Crippen LogP contribution is -2.18. The summed E-state index contributed by atoms with van der Waals surface area (Å²) in [6.45, 7) is 6.98. The Labute approximate surface area is 103 Å². The van der Waals surface area contributed by atoms with Crippen molar-refractivity contribution in [3.63, 3.8) is 0 Å². The zero-order valence-corrected chi connectivity index (χ0v) is 11.0. The number of nitrogens with one attached hydrogen (secondary N) is 1.